The summed E-state index contributed by atoms with van der Waals surface area (Å²) >= 11 is 3.21. The smallest absolute Gasteiger partial charge is 0.244 e. The molecule has 1 aromatic heterocycles. The van der Waals surface area contributed by atoms with E-state index in [-0.39, 0.29) is 10.7 Å². The molecule has 1 aliphatic heterocycles. The minimum atomic E-state index is -3.63. The number of nitrogen functional groups attached to an aromatic ring is 1. The lowest BCUT2D eigenvalue weighted by Crippen LogP contribution is -2.31. The van der Waals surface area contributed by atoms with Crippen LogP contribution in [0, 0.1) is 5.92 Å². The highest BCUT2D eigenvalue weighted by Crippen LogP contribution is 2.22. The zero-order valence-electron chi connectivity index (χ0n) is 11.1. The number of nitrogens with one attached hydrogen (secondary N) is 2. The Morgan fingerprint density at radius 3 is 2.95 bits per heavy atom. The normalized spacial score (nSPS) is 20.2. The van der Waals surface area contributed by atoms with Crippen LogP contribution in [0.4, 0.5) is 5.82 Å². The zero-order chi connectivity index (χ0) is 14.8. The Balaban J connectivity index is 2.12. The van der Waals surface area contributed by atoms with Crippen molar-refractivity contribution in [1.82, 2.24) is 14.6 Å². The van der Waals surface area contributed by atoms with Crippen LogP contribution >= 0.6 is 15.9 Å². The molecule has 0 saturated carbocycles. The quantitative estimate of drug-likeness (QED) is 0.515. The first-order chi connectivity index (χ1) is 9.42. The number of nitrogens with zero attached hydrogens (tertiary/aromatic N) is 2. The summed E-state index contributed by atoms with van der Waals surface area (Å²) in [6, 6.07) is 1.48. The highest BCUT2D eigenvalue weighted by molar-refractivity contribution is 9.10. The molecule has 0 bridgehead atoms. The maximum Gasteiger partial charge on any atom is 0.244 e. The molecule has 1 aliphatic rings. The van der Waals surface area contributed by atoms with Gasteiger partial charge in [-0.3, -0.25) is 0 Å². The summed E-state index contributed by atoms with van der Waals surface area (Å²) in [7, 11) is -1.60. The van der Waals surface area contributed by atoms with Gasteiger partial charge in [0.05, 0.1) is 0 Å². The van der Waals surface area contributed by atoms with E-state index in [4.69, 9.17) is 5.84 Å². The largest absolute Gasteiger partial charge is 0.307 e. The van der Waals surface area contributed by atoms with Crippen molar-refractivity contribution < 1.29 is 8.42 Å². The number of sulfonamides is 1. The van der Waals surface area contributed by atoms with Gasteiger partial charge < -0.3 is 10.3 Å². The van der Waals surface area contributed by atoms with E-state index >= 15 is 0 Å². The van der Waals surface area contributed by atoms with E-state index in [0.717, 1.165) is 19.5 Å². The topological polar surface area (TPSA) is 100 Å². The molecule has 2 heterocycles. The Morgan fingerprint density at radius 1 is 1.60 bits per heavy atom. The molecule has 0 spiro atoms. The SMILES string of the molecule is CN1CCC(CNS(=O)(=O)c2cc(Br)cnc2NN)C1. The fraction of sp³-hybridized carbons (Fsp3) is 0.545. The molecule has 1 unspecified atom stereocenters. The summed E-state index contributed by atoms with van der Waals surface area (Å²) in [5, 5.41) is 0. The lowest BCUT2D eigenvalue weighted by molar-refractivity contribution is 0.394. The van der Waals surface area contributed by atoms with Gasteiger partial charge in [-0.2, -0.15) is 0 Å². The predicted octanol–water partition coefficient (Wildman–Crippen LogP) is 0.360. The number of hydrogen-bond acceptors (Lipinski definition) is 6. The minimum absolute atomic E-state index is 0.0423. The van der Waals surface area contributed by atoms with E-state index in [0.29, 0.717) is 16.9 Å². The predicted molar refractivity (Wildman–Crippen MR) is 80.5 cm³/mol. The molecule has 9 heteroatoms. The average molecular weight is 364 g/mol. The van der Waals surface area contributed by atoms with Gasteiger partial charge in [0.1, 0.15) is 4.90 Å². The van der Waals surface area contributed by atoms with Crippen molar-refractivity contribution in [1.29, 1.82) is 0 Å². The molecule has 4 N–H and O–H groups in total. The summed E-state index contributed by atoms with van der Waals surface area (Å²) in [5.41, 5.74) is 2.30. The van der Waals surface area contributed by atoms with Crippen molar-refractivity contribution in [2.75, 3.05) is 32.1 Å². The Morgan fingerprint density at radius 2 is 2.35 bits per heavy atom. The number of hydrazine groups is 1. The Labute approximate surface area is 127 Å². The highest BCUT2D eigenvalue weighted by atomic mass is 79.9. The van der Waals surface area contributed by atoms with Crippen LogP contribution in [0.25, 0.3) is 0 Å². The van der Waals surface area contributed by atoms with Crippen LogP contribution in [-0.4, -0.2) is 45.0 Å². The van der Waals surface area contributed by atoms with Crippen LogP contribution in [-0.2, 0) is 10.0 Å². The van der Waals surface area contributed by atoms with Gasteiger partial charge >= 0.3 is 0 Å². The molecular weight excluding hydrogens is 346 g/mol. The van der Waals surface area contributed by atoms with Gasteiger partial charge in [-0.25, -0.2) is 24.0 Å². The third-order valence-electron chi connectivity index (χ3n) is 3.30. The van der Waals surface area contributed by atoms with E-state index in [2.05, 4.69) is 36.0 Å². The van der Waals surface area contributed by atoms with Crippen LogP contribution < -0.4 is 16.0 Å². The van der Waals surface area contributed by atoms with Gasteiger partial charge in [-0.1, -0.05) is 0 Å². The first kappa shape index (κ1) is 15.6. The third kappa shape index (κ3) is 3.67. The molecule has 1 atom stereocenters. The Kier molecular flexibility index (Phi) is 4.97. The second-order valence-electron chi connectivity index (χ2n) is 4.91. The van der Waals surface area contributed by atoms with E-state index in [1.807, 2.05) is 7.05 Å². The van der Waals surface area contributed by atoms with Crippen molar-refractivity contribution in [3.05, 3.63) is 16.7 Å². The first-order valence-corrected chi connectivity index (χ1v) is 8.50. The number of likely N-dealkylation sites (tertiary alicyclic amines) is 1. The Bertz CT molecular complexity index is 580. The molecule has 1 saturated heterocycles. The molecule has 20 heavy (non-hydrogen) atoms. The van der Waals surface area contributed by atoms with Gasteiger partial charge in [-0.05, 0) is 47.9 Å². The lowest BCUT2D eigenvalue weighted by atomic mass is 10.1. The summed E-state index contributed by atoms with van der Waals surface area (Å²) < 4.78 is 27.9. The number of anilines is 1. The van der Waals surface area contributed by atoms with Crippen molar-refractivity contribution in [2.24, 2.45) is 11.8 Å². The maximum atomic E-state index is 12.3. The second kappa shape index (κ2) is 6.35. The summed E-state index contributed by atoms with van der Waals surface area (Å²) in [6.07, 6.45) is 2.48. The van der Waals surface area contributed by atoms with Gasteiger partial charge in [0.2, 0.25) is 10.0 Å². The standard InChI is InChI=1S/C11H18BrN5O2S/c1-17-3-2-8(7-17)5-15-20(18,19)10-4-9(12)6-14-11(10)16-13/h4,6,8,15H,2-3,5,7,13H2,1H3,(H,14,16). The second-order valence-corrected chi connectivity index (χ2v) is 7.56. The summed E-state index contributed by atoms with van der Waals surface area (Å²) in [5.74, 6) is 5.77. The average Bonchev–Trinajstić information content (AvgIpc) is 2.82. The maximum absolute atomic E-state index is 12.3. The molecule has 0 radical (unpaired) electrons. The highest BCUT2D eigenvalue weighted by Gasteiger charge is 2.24. The number of halogens is 1. The van der Waals surface area contributed by atoms with Gasteiger partial charge in [0.25, 0.3) is 0 Å². The lowest BCUT2D eigenvalue weighted by Gasteiger charge is -2.14. The minimum Gasteiger partial charge on any atom is -0.307 e. The number of pyridine rings is 1. The molecule has 1 fully saturated rings. The molecule has 112 valence electrons. The van der Waals surface area contributed by atoms with Gasteiger partial charge in [-0.15, -0.1) is 0 Å². The number of nitrogens with two attached hydrogens (primary N) is 1. The molecule has 1 aromatic rings. The molecule has 2 rings (SSSR count). The molecular formula is C11H18BrN5O2S. The van der Waals surface area contributed by atoms with Gasteiger partial charge in [0.15, 0.2) is 5.82 Å². The van der Waals surface area contributed by atoms with Crippen LogP contribution in [0.5, 0.6) is 0 Å². The summed E-state index contributed by atoms with van der Waals surface area (Å²) in [4.78, 5) is 6.17. The molecule has 0 amide bonds. The fourth-order valence-electron chi connectivity index (χ4n) is 2.23. The van der Waals surface area contributed by atoms with Gasteiger partial charge in [0, 0.05) is 23.8 Å². The third-order valence-corrected chi connectivity index (χ3v) is 5.17. The van der Waals surface area contributed by atoms with Crippen molar-refractivity contribution in [3.8, 4) is 0 Å². The molecule has 0 aromatic carbocycles. The number of hydrogen-bond donors (Lipinski definition) is 3. The van der Waals surface area contributed by atoms with Crippen molar-refractivity contribution >= 4 is 31.8 Å². The van der Waals surface area contributed by atoms with E-state index < -0.39 is 10.0 Å². The number of rotatable bonds is 5. The summed E-state index contributed by atoms with van der Waals surface area (Å²) in [6.45, 7) is 2.32. The monoisotopic (exact) mass is 363 g/mol. The van der Waals surface area contributed by atoms with E-state index in [1.165, 1.54) is 12.3 Å². The van der Waals surface area contributed by atoms with E-state index in [1.54, 1.807) is 0 Å². The van der Waals surface area contributed by atoms with Crippen molar-refractivity contribution in [3.63, 3.8) is 0 Å². The van der Waals surface area contributed by atoms with Crippen LogP contribution in [0.1, 0.15) is 6.42 Å². The number of aromatic nitrogens is 1. The first-order valence-electron chi connectivity index (χ1n) is 6.23. The zero-order valence-corrected chi connectivity index (χ0v) is 13.5. The van der Waals surface area contributed by atoms with E-state index in [9.17, 15) is 8.42 Å². The molecule has 7 nitrogen and oxygen atoms in total. The fourth-order valence-corrected chi connectivity index (χ4v) is 3.97. The van der Waals surface area contributed by atoms with Crippen LogP contribution in [0.2, 0.25) is 0 Å². The molecule has 0 aliphatic carbocycles. The van der Waals surface area contributed by atoms with Crippen LogP contribution in [0.3, 0.4) is 0 Å². The van der Waals surface area contributed by atoms with Crippen LogP contribution in [0.15, 0.2) is 21.6 Å². The Hall–Kier alpha value is -0.740. The van der Waals surface area contributed by atoms with Crippen molar-refractivity contribution in [2.45, 2.75) is 11.3 Å².